The topological polar surface area (TPSA) is 26.0 Å². The number of halogens is 4. The fourth-order valence-corrected chi connectivity index (χ4v) is 2.17. The van der Waals surface area contributed by atoms with E-state index >= 15 is 0 Å². The predicted molar refractivity (Wildman–Crippen MR) is 53.7 cm³/mol. The predicted octanol–water partition coefficient (Wildman–Crippen LogP) is 3.20. The number of rotatable bonds is 1. The highest BCUT2D eigenvalue weighted by molar-refractivity contribution is 9.10. The van der Waals surface area contributed by atoms with E-state index in [-0.39, 0.29) is 10.0 Å². The van der Waals surface area contributed by atoms with Crippen LogP contribution < -0.4 is 5.73 Å². The van der Waals surface area contributed by atoms with Gasteiger partial charge in [-0.3, -0.25) is 0 Å². The van der Waals surface area contributed by atoms with Crippen LogP contribution in [0, 0.1) is 17.5 Å². The zero-order valence-corrected chi connectivity index (χ0v) is 9.37. The van der Waals surface area contributed by atoms with Crippen LogP contribution in [0.5, 0.6) is 0 Å². The van der Waals surface area contributed by atoms with Crippen LogP contribution in [0.1, 0.15) is 24.8 Å². The molecule has 0 radical (unpaired) electrons. The molecule has 0 saturated heterocycles. The van der Waals surface area contributed by atoms with Crippen molar-refractivity contribution in [2.24, 2.45) is 5.73 Å². The highest BCUT2D eigenvalue weighted by Gasteiger charge is 2.38. The molecule has 0 aliphatic heterocycles. The minimum Gasteiger partial charge on any atom is -0.321 e. The first-order valence-electron chi connectivity index (χ1n) is 4.58. The van der Waals surface area contributed by atoms with Crippen LogP contribution in [0.25, 0.3) is 0 Å². The number of nitrogens with two attached hydrogens (primary N) is 1. The zero-order chi connectivity index (χ0) is 11.2. The lowest BCUT2D eigenvalue weighted by Gasteiger charge is -2.38. The molecule has 0 unspecified atom stereocenters. The van der Waals surface area contributed by atoms with Gasteiger partial charge in [0.25, 0.3) is 0 Å². The van der Waals surface area contributed by atoms with Crippen molar-refractivity contribution in [2.45, 2.75) is 24.8 Å². The van der Waals surface area contributed by atoms with Crippen LogP contribution in [0.2, 0.25) is 0 Å². The molecule has 1 aliphatic rings. The summed E-state index contributed by atoms with van der Waals surface area (Å²) in [4.78, 5) is 0. The Hall–Kier alpha value is -0.550. The Kier molecular flexibility index (Phi) is 2.55. The number of hydrogen-bond acceptors (Lipinski definition) is 1. The molecule has 82 valence electrons. The lowest BCUT2D eigenvalue weighted by molar-refractivity contribution is 0.241. The van der Waals surface area contributed by atoms with Gasteiger partial charge in [-0.25, -0.2) is 13.2 Å². The maximum atomic E-state index is 13.4. The Bertz CT molecular complexity index is 416. The number of benzene rings is 1. The molecule has 15 heavy (non-hydrogen) atoms. The first-order valence-corrected chi connectivity index (χ1v) is 5.37. The maximum Gasteiger partial charge on any atom is 0.195 e. The minimum atomic E-state index is -1.46. The van der Waals surface area contributed by atoms with Gasteiger partial charge in [0.05, 0.1) is 4.47 Å². The van der Waals surface area contributed by atoms with Gasteiger partial charge in [0.1, 0.15) is 0 Å². The summed E-state index contributed by atoms with van der Waals surface area (Å²) < 4.78 is 39.4. The van der Waals surface area contributed by atoms with Crippen LogP contribution in [0.15, 0.2) is 10.5 Å². The molecule has 1 aromatic carbocycles. The van der Waals surface area contributed by atoms with Gasteiger partial charge in [0.2, 0.25) is 0 Å². The molecule has 5 heteroatoms. The Balaban J connectivity index is 2.58. The third-order valence-electron chi connectivity index (χ3n) is 2.88. The lowest BCUT2D eigenvalue weighted by atomic mass is 9.72. The quantitative estimate of drug-likeness (QED) is 0.620. The first-order chi connectivity index (χ1) is 6.96. The van der Waals surface area contributed by atoms with E-state index in [0.29, 0.717) is 12.8 Å². The normalized spacial score (nSPS) is 18.7. The summed E-state index contributed by atoms with van der Waals surface area (Å²) in [6.45, 7) is 0. The highest BCUT2D eigenvalue weighted by atomic mass is 79.9. The molecule has 1 aromatic rings. The van der Waals surface area contributed by atoms with Crippen LogP contribution in [-0.2, 0) is 5.54 Å². The van der Waals surface area contributed by atoms with Crippen LogP contribution in [0.3, 0.4) is 0 Å². The average Bonchev–Trinajstić information content (AvgIpc) is 2.17. The monoisotopic (exact) mass is 279 g/mol. The third-order valence-corrected chi connectivity index (χ3v) is 3.46. The molecule has 1 aliphatic carbocycles. The second-order valence-electron chi connectivity index (χ2n) is 3.86. The molecular formula is C10H9BrF3N. The standard InChI is InChI=1S/C10H9BrF3N/c11-6-4-5(10(15)2-1-3-10)7(12)9(14)8(6)13/h4H,1-3,15H2. The summed E-state index contributed by atoms with van der Waals surface area (Å²) in [7, 11) is 0. The smallest absolute Gasteiger partial charge is 0.195 e. The molecule has 2 N–H and O–H groups in total. The van der Waals surface area contributed by atoms with E-state index in [2.05, 4.69) is 15.9 Å². The molecule has 0 bridgehead atoms. The molecule has 0 amide bonds. The molecule has 0 aromatic heterocycles. The molecule has 0 spiro atoms. The summed E-state index contributed by atoms with van der Waals surface area (Å²) in [5.74, 6) is -3.84. The van der Waals surface area contributed by atoms with Crippen molar-refractivity contribution in [3.05, 3.63) is 33.6 Å². The van der Waals surface area contributed by atoms with Gasteiger partial charge < -0.3 is 5.73 Å². The minimum absolute atomic E-state index is 0.0551. The largest absolute Gasteiger partial charge is 0.321 e. The van der Waals surface area contributed by atoms with Gasteiger partial charge in [-0.1, -0.05) is 0 Å². The van der Waals surface area contributed by atoms with Crippen LogP contribution >= 0.6 is 15.9 Å². The Morgan fingerprint density at radius 1 is 1.13 bits per heavy atom. The summed E-state index contributed by atoms with van der Waals surface area (Å²) in [5, 5.41) is 0. The van der Waals surface area contributed by atoms with Crippen molar-refractivity contribution in [1.29, 1.82) is 0 Å². The van der Waals surface area contributed by atoms with Crippen LogP contribution in [-0.4, -0.2) is 0 Å². The Morgan fingerprint density at radius 3 is 2.20 bits per heavy atom. The van der Waals surface area contributed by atoms with Gasteiger partial charge in [-0.15, -0.1) is 0 Å². The maximum absolute atomic E-state index is 13.4. The number of hydrogen-bond donors (Lipinski definition) is 1. The van der Waals surface area contributed by atoms with Crippen molar-refractivity contribution in [3.63, 3.8) is 0 Å². The molecule has 1 fully saturated rings. The van der Waals surface area contributed by atoms with E-state index in [1.165, 1.54) is 6.07 Å². The fraction of sp³-hybridized carbons (Fsp3) is 0.400. The summed E-state index contributed by atoms with van der Waals surface area (Å²) in [6, 6.07) is 1.23. The van der Waals surface area contributed by atoms with Crippen molar-refractivity contribution >= 4 is 15.9 Å². The van der Waals surface area contributed by atoms with E-state index in [0.717, 1.165) is 6.42 Å². The van der Waals surface area contributed by atoms with Gasteiger partial charge >= 0.3 is 0 Å². The zero-order valence-electron chi connectivity index (χ0n) is 7.79. The summed E-state index contributed by atoms with van der Waals surface area (Å²) in [6.07, 6.45) is 2.08. The second-order valence-corrected chi connectivity index (χ2v) is 4.71. The van der Waals surface area contributed by atoms with Gasteiger partial charge in [-0.05, 0) is 41.3 Å². The molecule has 0 atom stereocenters. The van der Waals surface area contributed by atoms with E-state index in [1.807, 2.05) is 0 Å². The van der Waals surface area contributed by atoms with Crippen molar-refractivity contribution in [2.75, 3.05) is 0 Å². The summed E-state index contributed by atoms with van der Waals surface area (Å²) >= 11 is 2.84. The molecular weight excluding hydrogens is 271 g/mol. The fourth-order valence-electron chi connectivity index (χ4n) is 1.76. The summed E-state index contributed by atoms with van der Waals surface area (Å²) in [5.41, 5.74) is 5.09. The van der Waals surface area contributed by atoms with Crippen molar-refractivity contribution in [3.8, 4) is 0 Å². The lowest BCUT2D eigenvalue weighted by Crippen LogP contribution is -2.44. The molecule has 1 nitrogen and oxygen atoms in total. The Labute approximate surface area is 93.6 Å². The third kappa shape index (κ3) is 1.58. The van der Waals surface area contributed by atoms with E-state index in [4.69, 9.17) is 5.73 Å². The first kappa shape index (κ1) is 11.0. The van der Waals surface area contributed by atoms with Gasteiger partial charge in [-0.2, -0.15) is 0 Å². The Morgan fingerprint density at radius 2 is 1.73 bits per heavy atom. The van der Waals surface area contributed by atoms with Crippen molar-refractivity contribution < 1.29 is 13.2 Å². The average molecular weight is 280 g/mol. The molecule has 1 saturated carbocycles. The molecule has 0 heterocycles. The second kappa shape index (κ2) is 3.49. The molecule has 2 rings (SSSR count). The van der Waals surface area contributed by atoms with E-state index in [9.17, 15) is 13.2 Å². The van der Waals surface area contributed by atoms with Gasteiger partial charge in [0.15, 0.2) is 17.5 Å². The van der Waals surface area contributed by atoms with Crippen LogP contribution in [0.4, 0.5) is 13.2 Å². The highest BCUT2D eigenvalue weighted by Crippen LogP contribution is 2.41. The van der Waals surface area contributed by atoms with E-state index in [1.54, 1.807) is 0 Å². The van der Waals surface area contributed by atoms with E-state index < -0.39 is 23.0 Å². The van der Waals surface area contributed by atoms with Crippen molar-refractivity contribution in [1.82, 2.24) is 0 Å². The SMILES string of the molecule is NC1(c2cc(Br)c(F)c(F)c2F)CCC1. The van der Waals surface area contributed by atoms with Gasteiger partial charge in [0, 0.05) is 11.1 Å².